The third-order valence-electron chi connectivity index (χ3n) is 2.33. The Balaban J connectivity index is 2.04. The van der Waals surface area contributed by atoms with Gasteiger partial charge in [-0.05, 0) is 12.1 Å². The van der Waals surface area contributed by atoms with Crippen molar-refractivity contribution in [1.82, 2.24) is 20.4 Å². The molecule has 2 aromatic heterocycles. The van der Waals surface area contributed by atoms with Gasteiger partial charge in [-0.2, -0.15) is 4.98 Å². The molecule has 0 atom stereocenters. The summed E-state index contributed by atoms with van der Waals surface area (Å²) in [5.74, 6) is 1.01. The zero-order valence-corrected chi connectivity index (χ0v) is 11.1. The Bertz CT molecular complexity index is 512. The van der Waals surface area contributed by atoms with Crippen LogP contribution in [0.4, 0.5) is 0 Å². The molecule has 0 spiro atoms. The predicted molar refractivity (Wildman–Crippen MR) is 69.4 cm³/mol. The van der Waals surface area contributed by atoms with Crippen LogP contribution in [0.3, 0.4) is 0 Å². The molecule has 2 rings (SSSR count). The number of rotatable bonds is 5. The predicted octanol–water partition coefficient (Wildman–Crippen LogP) is 2.33. The summed E-state index contributed by atoms with van der Waals surface area (Å²) in [4.78, 5) is 8.41. The first kappa shape index (κ1) is 13.0. The lowest BCUT2D eigenvalue weighted by Gasteiger charge is -2.04. The minimum absolute atomic E-state index is 0.431. The molecule has 0 amide bonds. The van der Waals surface area contributed by atoms with Crippen LogP contribution in [0.15, 0.2) is 22.9 Å². The summed E-state index contributed by atoms with van der Waals surface area (Å²) < 4.78 is 5.16. The summed E-state index contributed by atoms with van der Waals surface area (Å²) in [6, 6.07) is 3.96. The van der Waals surface area contributed by atoms with E-state index >= 15 is 0 Å². The number of aromatic nitrogens is 3. The summed E-state index contributed by atoms with van der Waals surface area (Å²) in [5.41, 5.74) is 0.547. The van der Waals surface area contributed by atoms with E-state index in [1.165, 1.54) is 0 Å². The molecule has 0 saturated carbocycles. The third-order valence-corrected chi connectivity index (χ3v) is 2.63. The highest BCUT2D eigenvalue weighted by molar-refractivity contribution is 6.32. The lowest BCUT2D eigenvalue weighted by atomic mass is 10.3. The van der Waals surface area contributed by atoms with Gasteiger partial charge in [0.25, 0.3) is 0 Å². The zero-order chi connectivity index (χ0) is 13.0. The van der Waals surface area contributed by atoms with E-state index in [0.29, 0.717) is 34.9 Å². The number of pyridine rings is 1. The molecule has 1 N–H and O–H groups in total. The number of nitrogens with zero attached hydrogens (tertiary/aromatic N) is 3. The molecule has 0 aromatic carbocycles. The molecule has 0 aliphatic rings. The Labute approximate surface area is 111 Å². The number of halogens is 1. The molecule has 6 heteroatoms. The topological polar surface area (TPSA) is 63.8 Å². The Morgan fingerprint density at radius 2 is 2.28 bits per heavy atom. The van der Waals surface area contributed by atoms with Crippen LogP contribution >= 0.6 is 11.6 Å². The van der Waals surface area contributed by atoms with Crippen LogP contribution < -0.4 is 5.32 Å². The summed E-state index contributed by atoms with van der Waals surface area (Å²) in [5, 5.41) is 7.69. The molecular formula is C12H15ClN4O. The maximum Gasteiger partial charge on any atom is 0.228 e. The van der Waals surface area contributed by atoms with Gasteiger partial charge in [-0.25, -0.2) is 0 Å². The van der Waals surface area contributed by atoms with Crippen LogP contribution in [0.5, 0.6) is 0 Å². The molecule has 96 valence electrons. The molecule has 0 aliphatic carbocycles. The first-order chi connectivity index (χ1) is 8.66. The molecule has 2 aromatic rings. The van der Waals surface area contributed by atoms with Crippen molar-refractivity contribution in [2.75, 3.05) is 6.54 Å². The average Bonchev–Trinajstić information content (AvgIpc) is 2.78. The minimum Gasteiger partial charge on any atom is -0.339 e. The second-order valence-electron chi connectivity index (χ2n) is 4.20. The number of hydrogen-bond acceptors (Lipinski definition) is 5. The van der Waals surface area contributed by atoms with E-state index < -0.39 is 0 Å². The first-order valence-electron chi connectivity index (χ1n) is 5.83. The average molecular weight is 267 g/mol. The molecular weight excluding hydrogens is 252 g/mol. The molecule has 0 saturated heterocycles. The summed E-state index contributed by atoms with van der Waals surface area (Å²) >= 11 is 6.02. The highest BCUT2D eigenvalue weighted by Crippen LogP contribution is 2.22. The standard InChI is InChI=1S/C12H15ClN4O/c1-8(2)14-7-5-10-16-12(17-18-10)11-9(13)4-3-6-15-11/h3-4,6,8,14H,5,7H2,1-2H3. The van der Waals surface area contributed by atoms with Crippen molar-refractivity contribution in [1.29, 1.82) is 0 Å². The quantitative estimate of drug-likeness (QED) is 0.900. The van der Waals surface area contributed by atoms with Crippen molar-refractivity contribution in [2.45, 2.75) is 26.3 Å². The molecule has 0 bridgehead atoms. The van der Waals surface area contributed by atoms with Crippen LogP contribution in [0.1, 0.15) is 19.7 Å². The van der Waals surface area contributed by atoms with Crippen LogP contribution in [0, 0.1) is 0 Å². The largest absolute Gasteiger partial charge is 0.339 e. The molecule has 5 nitrogen and oxygen atoms in total. The van der Waals surface area contributed by atoms with Gasteiger partial charge in [0.15, 0.2) is 0 Å². The van der Waals surface area contributed by atoms with E-state index in [0.717, 1.165) is 6.54 Å². The third kappa shape index (κ3) is 3.27. The Morgan fingerprint density at radius 1 is 1.44 bits per heavy atom. The molecule has 0 unspecified atom stereocenters. The molecule has 0 fully saturated rings. The van der Waals surface area contributed by atoms with Gasteiger partial charge in [0.2, 0.25) is 11.7 Å². The maximum atomic E-state index is 6.02. The van der Waals surface area contributed by atoms with Gasteiger partial charge in [0.05, 0.1) is 5.02 Å². The molecule has 18 heavy (non-hydrogen) atoms. The lowest BCUT2D eigenvalue weighted by molar-refractivity contribution is 0.374. The Hall–Kier alpha value is -1.46. The second kappa shape index (κ2) is 5.93. The van der Waals surface area contributed by atoms with E-state index in [4.69, 9.17) is 16.1 Å². The van der Waals surface area contributed by atoms with Gasteiger partial charge in [0, 0.05) is 25.2 Å². The fraction of sp³-hybridized carbons (Fsp3) is 0.417. The van der Waals surface area contributed by atoms with E-state index in [-0.39, 0.29) is 0 Å². The number of hydrogen-bond donors (Lipinski definition) is 1. The fourth-order valence-electron chi connectivity index (χ4n) is 1.47. The van der Waals surface area contributed by atoms with Gasteiger partial charge in [-0.15, -0.1) is 0 Å². The summed E-state index contributed by atoms with van der Waals surface area (Å²) in [6.45, 7) is 4.98. The van der Waals surface area contributed by atoms with Crippen LogP contribution in [0.25, 0.3) is 11.5 Å². The van der Waals surface area contributed by atoms with E-state index in [2.05, 4.69) is 34.3 Å². The summed E-state index contributed by atoms with van der Waals surface area (Å²) in [7, 11) is 0. The van der Waals surface area contributed by atoms with Crippen molar-refractivity contribution in [3.8, 4) is 11.5 Å². The van der Waals surface area contributed by atoms with Crippen LogP contribution in [0.2, 0.25) is 5.02 Å². The van der Waals surface area contributed by atoms with Gasteiger partial charge < -0.3 is 9.84 Å². The fourth-order valence-corrected chi connectivity index (χ4v) is 1.68. The van der Waals surface area contributed by atoms with Crippen LogP contribution in [-0.4, -0.2) is 27.7 Å². The molecule has 2 heterocycles. The molecule has 0 aliphatic heterocycles. The highest BCUT2D eigenvalue weighted by atomic mass is 35.5. The van der Waals surface area contributed by atoms with Crippen molar-refractivity contribution in [3.63, 3.8) is 0 Å². The normalized spacial score (nSPS) is 11.1. The lowest BCUT2D eigenvalue weighted by Crippen LogP contribution is -2.25. The number of nitrogens with one attached hydrogen (secondary N) is 1. The van der Waals surface area contributed by atoms with Gasteiger partial charge >= 0.3 is 0 Å². The minimum atomic E-state index is 0.431. The highest BCUT2D eigenvalue weighted by Gasteiger charge is 2.12. The van der Waals surface area contributed by atoms with Crippen molar-refractivity contribution < 1.29 is 4.52 Å². The SMILES string of the molecule is CC(C)NCCc1nc(-c2ncccc2Cl)no1. The summed E-state index contributed by atoms with van der Waals surface area (Å²) in [6.07, 6.45) is 2.34. The van der Waals surface area contributed by atoms with Crippen molar-refractivity contribution in [2.24, 2.45) is 0 Å². The second-order valence-corrected chi connectivity index (χ2v) is 4.61. The Kier molecular flexibility index (Phi) is 4.28. The maximum absolute atomic E-state index is 6.02. The van der Waals surface area contributed by atoms with E-state index in [9.17, 15) is 0 Å². The van der Waals surface area contributed by atoms with Crippen molar-refractivity contribution in [3.05, 3.63) is 29.2 Å². The van der Waals surface area contributed by atoms with Gasteiger partial charge in [-0.1, -0.05) is 30.6 Å². The van der Waals surface area contributed by atoms with E-state index in [1.807, 2.05) is 0 Å². The van der Waals surface area contributed by atoms with Crippen LogP contribution in [-0.2, 0) is 6.42 Å². The first-order valence-corrected chi connectivity index (χ1v) is 6.21. The zero-order valence-electron chi connectivity index (χ0n) is 10.4. The monoisotopic (exact) mass is 266 g/mol. The van der Waals surface area contributed by atoms with Gasteiger partial charge in [-0.3, -0.25) is 4.98 Å². The smallest absolute Gasteiger partial charge is 0.228 e. The van der Waals surface area contributed by atoms with E-state index in [1.54, 1.807) is 18.3 Å². The van der Waals surface area contributed by atoms with Crippen molar-refractivity contribution >= 4 is 11.6 Å². The van der Waals surface area contributed by atoms with Gasteiger partial charge in [0.1, 0.15) is 5.69 Å². The Morgan fingerprint density at radius 3 is 3.00 bits per heavy atom. The molecule has 0 radical (unpaired) electrons.